The van der Waals surface area contributed by atoms with Gasteiger partial charge in [0.1, 0.15) is 12.4 Å². The van der Waals surface area contributed by atoms with Gasteiger partial charge in [0, 0.05) is 12.1 Å². The Balaban J connectivity index is 1.48. The van der Waals surface area contributed by atoms with E-state index in [2.05, 4.69) is 41.7 Å². The van der Waals surface area contributed by atoms with Crippen LogP contribution < -0.4 is 19.5 Å². The molecule has 0 aliphatic carbocycles. The third kappa shape index (κ3) is 3.13. The Morgan fingerprint density at radius 1 is 0.889 bits per heavy atom. The predicted octanol–water partition coefficient (Wildman–Crippen LogP) is 4.23. The van der Waals surface area contributed by atoms with Crippen LogP contribution in [0.1, 0.15) is 28.3 Å². The molecule has 136 valence electrons. The lowest BCUT2D eigenvalue weighted by molar-refractivity contribution is 0.174. The molecule has 3 aromatic rings. The zero-order valence-corrected chi connectivity index (χ0v) is 15.0. The zero-order valence-electron chi connectivity index (χ0n) is 15.0. The van der Waals surface area contributed by atoms with Gasteiger partial charge in [-0.1, -0.05) is 48.5 Å². The van der Waals surface area contributed by atoms with Gasteiger partial charge in [0.2, 0.25) is 6.79 Å². The van der Waals surface area contributed by atoms with Gasteiger partial charge in [0.05, 0.1) is 6.04 Å². The van der Waals surface area contributed by atoms with Gasteiger partial charge in [-0.3, -0.25) is 0 Å². The average molecular weight is 359 g/mol. The van der Waals surface area contributed by atoms with Crippen LogP contribution in [-0.2, 0) is 13.0 Å². The van der Waals surface area contributed by atoms with E-state index in [1.54, 1.807) is 0 Å². The summed E-state index contributed by atoms with van der Waals surface area (Å²) in [5, 5.41) is 3.64. The first-order valence-electron chi connectivity index (χ1n) is 9.30. The fourth-order valence-electron chi connectivity index (χ4n) is 3.81. The summed E-state index contributed by atoms with van der Waals surface area (Å²) in [5.41, 5.74) is 4.85. The molecule has 0 saturated carbocycles. The van der Waals surface area contributed by atoms with Crippen LogP contribution in [0, 0.1) is 0 Å². The van der Waals surface area contributed by atoms with Crippen LogP contribution in [0.3, 0.4) is 0 Å². The SMILES string of the molecule is c1ccc(COc2ccccc2C2NCCc3cc4c(cc32)OCO4)cc1. The minimum absolute atomic E-state index is 0.0789. The molecule has 0 fully saturated rings. The second-order valence-electron chi connectivity index (χ2n) is 6.85. The third-order valence-corrected chi connectivity index (χ3v) is 5.16. The van der Waals surface area contributed by atoms with Crippen molar-refractivity contribution >= 4 is 0 Å². The van der Waals surface area contributed by atoms with Gasteiger partial charge >= 0.3 is 0 Å². The molecule has 0 amide bonds. The van der Waals surface area contributed by atoms with Crippen molar-refractivity contribution in [1.82, 2.24) is 5.32 Å². The Hall–Kier alpha value is -2.98. The lowest BCUT2D eigenvalue weighted by Gasteiger charge is -2.29. The van der Waals surface area contributed by atoms with Gasteiger partial charge in [0.15, 0.2) is 11.5 Å². The molecule has 1 unspecified atom stereocenters. The molecule has 5 rings (SSSR count). The van der Waals surface area contributed by atoms with Crippen LogP contribution in [0.2, 0.25) is 0 Å². The van der Waals surface area contributed by atoms with Crippen molar-refractivity contribution in [1.29, 1.82) is 0 Å². The maximum absolute atomic E-state index is 6.19. The normalized spacial score (nSPS) is 17.4. The molecule has 1 N–H and O–H groups in total. The molecular weight excluding hydrogens is 338 g/mol. The van der Waals surface area contributed by atoms with E-state index in [1.807, 2.05) is 30.3 Å². The highest BCUT2D eigenvalue weighted by Gasteiger charge is 2.27. The quantitative estimate of drug-likeness (QED) is 0.757. The lowest BCUT2D eigenvalue weighted by atomic mass is 9.89. The van der Waals surface area contributed by atoms with Gasteiger partial charge in [-0.25, -0.2) is 0 Å². The molecule has 27 heavy (non-hydrogen) atoms. The second-order valence-corrected chi connectivity index (χ2v) is 6.85. The predicted molar refractivity (Wildman–Crippen MR) is 103 cm³/mol. The Morgan fingerprint density at radius 3 is 2.56 bits per heavy atom. The van der Waals surface area contributed by atoms with Crippen molar-refractivity contribution in [3.63, 3.8) is 0 Å². The van der Waals surface area contributed by atoms with Crippen molar-refractivity contribution in [3.8, 4) is 17.2 Å². The van der Waals surface area contributed by atoms with E-state index in [4.69, 9.17) is 14.2 Å². The minimum Gasteiger partial charge on any atom is -0.489 e. The molecule has 3 aromatic carbocycles. The van der Waals surface area contributed by atoms with E-state index in [-0.39, 0.29) is 6.04 Å². The van der Waals surface area contributed by atoms with Crippen molar-refractivity contribution < 1.29 is 14.2 Å². The molecule has 0 radical (unpaired) electrons. The van der Waals surface area contributed by atoms with Crippen LogP contribution >= 0.6 is 0 Å². The van der Waals surface area contributed by atoms with Crippen molar-refractivity contribution in [3.05, 3.63) is 89.0 Å². The van der Waals surface area contributed by atoms with Crippen LogP contribution in [-0.4, -0.2) is 13.3 Å². The van der Waals surface area contributed by atoms with Crippen molar-refractivity contribution in [2.45, 2.75) is 19.1 Å². The summed E-state index contributed by atoms with van der Waals surface area (Å²) in [7, 11) is 0. The van der Waals surface area contributed by atoms with Crippen LogP contribution in [0.25, 0.3) is 0 Å². The molecular formula is C23H21NO3. The number of para-hydroxylation sites is 1. The van der Waals surface area contributed by atoms with E-state index < -0.39 is 0 Å². The monoisotopic (exact) mass is 359 g/mol. The second kappa shape index (κ2) is 6.97. The van der Waals surface area contributed by atoms with E-state index in [1.165, 1.54) is 11.1 Å². The Labute approximate surface area is 158 Å². The fraction of sp³-hybridized carbons (Fsp3) is 0.217. The lowest BCUT2D eigenvalue weighted by Crippen LogP contribution is -2.30. The van der Waals surface area contributed by atoms with Gasteiger partial charge in [-0.05, 0) is 41.3 Å². The smallest absolute Gasteiger partial charge is 0.231 e. The van der Waals surface area contributed by atoms with E-state index in [9.17, 15) is 0 Å². The van der Waals surface area contributed by atoms with Crippen molar-refractivity contribution in [2.75, 3.05) is 13.3 Å². The van der Waals surface area contributed by atoms with Crippen LogP contribution in [0.5, 0.6) is 17.2 Å². The highest BCUT2D eigenvalue weighted by atomic mass is 16.7. The summed E-state index contributed by atoms with van der Waals surface area (Å²) < 4.78 is 17.3. The van der Waals surface area contributed by atoms with E-state index in [0.717, 1.165) is 41.3 Å². The number of fused-ring (bicyclic) bond motifs is 2. The molecule has 2 aliphatic heterocycles. The number of nitrogens with one attached hydrogen (secondary N) is 1. The molecule has 2 heterocycles. The molecule has 4 heteroatoms. The van der Waals surface area contributed by atoms with Crippen LogP contribution in [0.4, 0.5) is 0 Å². The molecule has 0 bridgehead atoms. The first-order valence-corrected chi connectivity index (χ1v) is 9.30. The van der Waals surface area contributed by atoms with Gasteiger partial charge in [0.25, 0.3) is 0 Å². The van der Waals surface area contributed by atoms with Crippen molar-refractivity contribution in [2.24, 2.45) is 0 Å². The topological polar surface area (TPSA) is 39.7 Å². The maximum atomic E-state index is 6.19. The molecule has 0 aromatic heterocycles. The average Bonchev–Trinajstić information content (AvgIpc) is 3.18. The number of benzene rings is 3. The largest absolute Gasteiger partial charge is 0.489 e. The fourth-order valence-corrected chi connectivity index (χ4v) is 3.81. The van der Waals surface area contributed by atoms with Gasteiger partial charge < -0.3 is 19.5 Å². The molecule has 0 saturated heterocycles. The van der Waals surface area contributed by atoms with Gasteiger partial charge in [-0.2, -0.15) is 0 Å². The molecule has 1 atom stereocenters. The number of hydrogen-bond donors (Lipinski definition) is 1. The first kappa shape index (κ1) is 16.2. The van der Waals surface area contributed by atoms with E-state index in [0.29, 0.717) is 13.4 Å². The number of rotatable bonds is 4. The highest BCUT2D eigenvalue weighted by Crippen LogP contribution is 2.41. The van der Waals surface area contributed by atoms with Crippen LogP contribution in [0.15, 0.2) is 66.7 Å². The molecule has 2 aliphatic rings. The van der Waals surface area contributed by atoms with E-state index >= 15 is 0 Å². The summed E-state index contributed by atoms with van der Waals surface area (Å²) >= 11 is 0. The zero-order chi connectivity index (χ0) is 18.1. The first-order chi connectivity index (χ1) is 13.4. The number of ether oxygens (including phenoxy) is 3. The third-order valence-electron chi connectivity index (χ3n) is 5.16. The summed E-state index contributed by atoms with van der Waals surface area (Å²) in [5.74, 6) is 2.58. The minimum atomic E-state index is 0.0789. The maximum Gasteiger partial charge on any atom is 0.231 e. The molecule has 0 spiro atoms. The van der Waals surface area contributed by atoms with Gasteiger partial charge in [-0.15, -0.1) is 0 Å². The summed E-state index contributed by atoms with van der Waals surface area (Å²) in [4.78, 5) is 0. The Kier molecular flexibility index (Phi) is 4.18. The standard InChI is InChI=1S/C23H21NO3/c1-2-6-16(7-3-1)14-25-20-9-5-4-8-18(20)23-19-13-22-21(26-15-27-22)12-17(19)10-11-24-23/h1-9,12-13,23-24H,10-11,14-15H2. The Morgan fingerprint density at radius 2 is 1.67 bits per heavy atom. The summed E-state index contributed by atoms with van der Waals surface area (Å²) in [6.45, 7) is 1.77. The summed E-state index contributed by atoms with van der Waals surface area (Å²) in [6.07, 6.45) is 0.982. The molecule has 4 nitrogen and oxygen atoms in total. The number of hydrogen-bond acceptors (Lipinski definition) is 4. The highest BCUT2D eigenvalue weighted by molar-refractivity contribution is 5.54. The Bertz CT molecular complexity index is 955. The summed E-state index contributed by atoms with van der Waals surface area (Å²) in [6, 6.07) is 22.8.